The molecule has 8 aromatic carbocycles. The fourth-order valence-electron chi connectivity index (χ4n) is 12.9. The summed E-state index contributed by atoms with van der Waals surface area (Å²) < 4.78 is 53.2. The maximum absolute atomic E-state index is 6.75. The quantitative estimate of drug-likeness (QED) is 0.171. The molecule has 8 nitrogen and oxygen atoms in total. The highest BCUT2D eigenvalue weighted by molar-refractivity contribution is 7.28. The average molecular weight is 1140 g/mol. The number of aromatic nitrogens is 2. The van der Waals surface area contributed by atoms with Crippen LogP contribution in [0.2, 0.25) is 0 Å². The Bertz CT molecular complexity index is 6190. The van der Waals surface area contributed by atoms with Crippen LogP contribution in [0.1, 0.15) is 33.4 Å². The third-order valence-electron chi connectivity index (χ3n) is 16.8. The molecule has 0 spiro atoms. The van der Waals surface area contributed by atoms with E-state index in [-0.39, 0.29) is 0 Å². The third-order valence-corrected chi connectivity index (χ3v) is 21.6. The van der Waals surface area contributed by atoms with Gasteiger partial charge < -0.3 is 35.6 Å². The van der Waals surface area contributed by atoms with Crippen molar-refractivity contribution >= 4 is 215 Å². The minimum Gasteiger partial charge on any atom is -0.453 e. The number of furan rings is 6. The van der Waals surface area contributed by atoms with Crippen LogP contribution in [0.15, 0.2) is 172 Å². The van der Waals surface area contributed by atoms with E-state index in [0.29, 0.717) is 0 Å². The van der Waals surface area contributed by atoms with Crippen molar-refractivity contribution in [1.82, 2.24) is 9.13 Å². The first-order valence-electron chi connectivity index (χ1n) is 27.3. The first-order chi connectivity index (χ1) is 40.0. The van der Waals surface area contributed by atoms with Gasteiger partial charge in [-0.05, 0) is 149 Å². The van der Waals surface area contributed by atoms with Gasteiger partial charge in [0.2, 0.25) is 0 Å². The Morgan fingerprint density at radius 1 is 0.256 bits per heavy atom. The molecular weight excluding hydrogens is 1090 g/mol. The van der Waals surface area contributed by atoms with Crippen molar-refractivity contribution in [2.24, 2.45) is 0 Å². The molecule has 0 aliphatic carbocycles. The SMILES string of the molecule is Cc1ccc(-n2c3c4cc5oc6c7oc8cc(C)ccc8c7sc6c5cc4oc3c3sc4cc(C)ccc4c32)cc1.Cc1ccc(-n2c3cc(C)ccc3c3sc4c5cc6oc7c8oc9cc(C)ccc9c8sc7c6cc5oc4c32)cc1. The first kappa shape index (κ1) is 45.7. The van der Waals surface area contributed by atoms with Crippen LogP contribution in [0.5, 0.6) is 0 Å². The first-order valence-corrected chi connectivity index (χ1v) is 30.6. The predicted molar refractivity (Wildman–Crippen MR) is 345 cm³/mol. The molecule has 0 N–H and O–H groups in total. The zero-order chi connectivity index (χ0) is 54.3. The Morgan fingerprint density at radius 3 is 1.18 bits per heavy atom. The lowest BCUT2D eigenvalue weighted by atomic mass is 10.1. The van der Waals surface area contributed by atoms with Crippen LogP contribution in [-0.4, -0.2) is 9.13 Å². The molecule has 0 bridgehead atoms. The number of thiophene rings is 4. The van der Waals surface area contributed by atoms with Gasteiger partial charge in [0, 0.05) is 59.2 Å². The third kappa shape index (κ3) is 6.08. The van der Waals surface area contributed by atoms with Crippen molar-refractivity contribution in [3.8, 4) is 11.4 Å². The molecule has 12 aromatic heterocycles. The molecule has 0 unspecified atom stereocenters. The van der Waals surface area contributed by atoms with Crippen molar-refractivity contribution in [3.63, 3.8) is 0 Å². The number of aryl methyl sites for hydroxylation is 6. The van der Waals surface area contributed by atoms with Gasteiger partial charge in [0.05, 0.1) is 43.9 Å². The van der Waals surface area contributed by atoms with Gasteiger partial charge in [-0.15, -0.1) is 45.3 Å². The Morgan fingerprint density at radius 2 is 0.634 bits per heavy atom. The summed E-state index contributed by atoms with van der Waals surface area (Å²) in [6, 6.07) is 52.3. The molecule has 392 valence electrons. The summed E-state index contributed by atoms with van der Waals surface area (Å²) in [7, 11) is 0. The van der Waals surface area contributed by atoms with Gasteiger partial charge >= 0.3 is 0 Å². The van der Waals surface area contributed by atoms with Crippen molar-refractivity contribution in [1.29, 1.82) is 0 Å². The molecule has 0 atom stereocenters. The van der Waals surface area contributed by atoms with Gasteiger partial charge in [-0.1, -0.05) is 71.8 Å². The Labute approximate surface area is 479 Å². The average Bonchev–Trinajstić information content (AvgIpc) is 1.81. The number of benzene rings is 8. The van der Waals surface area contributed by atoms with E-state index >= 15 is 0 Å². The second-order valence-corrected chi connectivity index (χ2v) is 26.5. The number of fused-ring (bicyclic) bond motifs is 28. The fraction of sp³-hybridized carbons (Fsp3) is 0.0857. The predicted octanol–water partition coefficient (Wildman–Crippen LogP) is 23.1. The minimum atomic E-state index is 0.814. The van der Waals surface area contributed by atoms with E-state index in [1.54, 1.807) is 45.3 Å². The molecule has 0 saturated carbocycles. The lowest BCUT2D eigenvalue weighted by Crippen LogP contribution is -1.93. The van der Waals surface area contributed by atoms with Gasteiger partial charge in [-0.3, -0.25) is 0 Å². The summed E-state index contributed by atoms with van der Waals surface area (Å²) in [6.45, 7) is 12.7. The minimum absolute atomic E-state index is 0.814. The summed E-state index contributed by atoms with van der Waals surface area (Å²) in [6.07, 6.45) is 0. The van der Waals surface area contributed by atoms with Gasteiger partial charge in [0.25, 0.3) is 0 Å². The van der Waals surface area contributed by atoms with Crippen molar-refractivity contribution in [2.45, 2.75) is 41.5 Å². The van der Waals surface area contributed by atoms with Crippen molar-refractivity contribution in [3.05, 3.63) is 179 Å². The number of nitrogens with zero attached hydrogens (tertiary/aromatic N) is 2. The summed E-state index contributed by atoms with van der Waals surface area (Å²) in [5, 5.41) is 9.03. The number of hydrogen-bond donors (Lipinski definition) is 0. The Balaban J connectivity index is 0.000000122. The molecule has 0 radical (unpaired) electrons. The molecule has 12 heterocycles. The molecule has 0 amide bonds. The van der Waals surface area contributed by atoms with Gasteiger partial charge in [0.15, 0.2) is 33.5 Å². The Kier molecular flexibility index (Phi) is 8.85. The van der Waals surface area contributed by atoms with Crippen LogP contribution >= 0.6 is 45.3 Å². The molecule has 82 heavy (non-hydrogen) atoms. The second-order valence-electron chi connectivity index (χ2n) is 22.4. The van der Waals surface area contributed by atoms with E-state index in [1.165, 1.54) is 69.3 Å². The van der Waals surface area contributed by atoms with Gasteiger partial charge in [-0.2, -0.15) is 0 Å². The van der Waals surface area contributed by atoms with Crippen LogP contribution in [0.3, 0.4) is 0 Å². The zero-order valence-electron chi connectivity index (χ0n) is 44.8. The van der Waals surface area contributed by atoms with E-state index in [2.05, 4.69) is 196 Å². The molecule has 0 aliphatic heterocycles. The normalized spacial score (nSPS) is 12.8. The van der Waals surface area contributed by atoms with E-state index in [1.807, 2.05) is 0 Å². The van der Waals surface area contributed by atoms with Crippen LogP contribution in [-0.2, 0) is 0 Å². The lowest BCUT2D eigenvalue weighted by Gasteiger charge is -2.08. The molecule has 20 rings (SSSR count). The summed E-state index contributed by atoms with van der Waals surface area (Å²) in [5.74, 6) is 0. The lowest BCUT2D eigenvalue weighted by molar-refractivity contribution is 0.634. The van der Waals surface area contributed by atoms with E-state index in [4.69, 9.17) is 26.5 Å². The van der Waals surface area contributed by atoms with Crippen LogP contribution < -0.4 is 0 Å². The molecule has 0 fully saturated rings. The van der Waals surface area contributed by atoms with E-state index < -0.39 is 0 Å². The summed E-state index contributed by atoms with van der Waals surface area (Å²) in [5.41, 5.74) is 24.7. The number of rotatable bonds is 2. The smallest absolute Gasteiger partial charge is 0.189 e. The second kappa shape index (κ2) is 15.9. The maximum atomic E-state index is 6.75. The number of hydrogen-bond acceptors (Lipinski definition) is 10. The maximum Gasteiger partial charge on any atom is 0.189 e. The fourth-order valence-corrected chi connectivity index (χ4v) is 17.8. The topological polar surface area (TPSA) is 88.7 Å². The van der Waals surface area contributed by atoms with Crippen LogP contribution in [0.4, 0.5) is 0 Å². The molecule has 20 aromatic rings. The highest BCUT2D eigenvalue weighted by atomic mass is 32.1. The highest BCUT2D eigenvalue weighted by Crippen LogP contribution is 2.52. The summed E-state index contributed by atoms with van der Waals surface area (Å²) >= 11 is 7.08. The molecule has 12 heteroatoms. The van der Waals surface area contributed by atoms with Crippen molar-refractivity contribution < 1.29 is 26.5 Å². The van der Waals surface area contributed by atoms with Crippen LogP contribution in [0.25, 0.3) is 181 Å². The van der Waals surface area contributed by atoms with Crippen molar-refractivity contribution in [2.75, 3.05) is 0 Å². The van der Waals surface area contributed by atoms with Gasteiger partial charge in [0.1, 0.15) is 44.5 Å². The van der Waals surface area contributed by atoms with E-state index in [9.17, 15) is 0 Å². The monoisotopic (exact) mass is 1130 g/mol. The largest absolute Gasteiger partial charge is 0.453 e. The Hall–Kier alpha value is -9.04. The molecule has 0 saturated heterocycles. The van der Waals surface area contributed by atoms with E-state index in [0.717, 1.165) is 145 Å². The standard InChI is InChI=1S/2C35H21NO3S2/c1-16-4-8-19(9-5-16)36-28-22-14-26-23(34-32(39-26)31-33(41-34)20-10-6-17(2)12-24(20)38-31)15-25(22)37-30(28)35-29(36)21-11-7-18(3)13-27(21)40-35;1-16-4-8-19(9-5-16)36-24-12-17(2)6-10-20(24)32-28(36)29-34(40-32)22-14-27-23(15-26(22)37-29)35-31(39-27)30-33(41-35)21-11-7-18(3)13-25(21)38-30/h2*4-15H,1-3H3. The highest BCUT2D eigenvalue weighted by Gasteiger charge is 2.28. The molecule has 0 aliphatic rings. The summed E-state index contributed by atoms with van der Waals surface area (Å²) in [4.78, 5) is 0. The van der Waals surface area contributed by atoms with Crippen LogP contribution in [0, 0.1) is 41.5 Å². The van der Waals surface area contributed by atoms with Gasteiger partial charge in [-0.25, -0.2) is 0 Å². The molecular formula is C70H42N2O6S4. The zero-order valence-corrected chi connectivity index (χ0v) is 48.1.